The number of esters is 1. The van der Waals surface area contributed by atoms with Crippen molar-refractivity contribution in [2.24, 2.45) is 5.92 Å². The third-order valence-corrected chi connectivity index (χ3v) is 2.72. The van der Waals surface area contributed by atoms with Gasteiger partial charge in [-0.15, -0.1) is 0 Å². The maximum atomic E-state index is 12.2. The Bertz CT molecular complexity index is 493. The van der Waals surface area contributed by atoms with Gasteiger partial charge in [0.2, 0.25) is 0 Å². The van der Waals surface area contributed by atoms with Crippen LogP contribution in [-0.2, 0) is 9.53 Å². The Balaban J connectivity index is 2.84. The van der Waals surface area contributed by atoms with Gasteiger partial charge in [0.15, 0.2) is 5.75 Å². The van der Waals surface area contributed by atoms with Crippen molar-refractivity contribution in [2.45, 2.75) is 40.2 Å². The molecular formula is C15H23NO4. The summed E-state index contributed by atoms with van der Waals surface area (Å²) in [5, 5.41) is 0. The molecule has 0 saturated carbocycles. The molecule has 1 aromatic rings. The van der Waals surface area contributed by atoms with Crippen LogP contribution in [0.2, 0.25) is 0 Å². The summed E-state index contributed by atoms with van der Waals surface area (Å²) in [6.45, 7) is 8.36. The summed E-state index contributed by atoms with van der Waals surface area (Å²) in [5.41, 5.74) is -0.310. The van der Waals surface area contributed by atoms with Crippen LogP contribution >= 0.6 is 0 Å². The minimum atomic E-state index is -0.661. The van der Waals surface area contributed by atoms with Crippen LogP contribution < -0.4 is 10.3 Å². The molecule has 0 N–H and O–H groups in total. The van der Waals surface area contributed by atoms with E-state index in [4.69, 9.17) is 9.47 Å². The second-order valence-corrected chi connectivity index (χ2v) is 5.13. The van der Waals surface area contributed by atoms with Gasteiger partial charge in [-0.3, -0.25) is 9.36 Å². The zero-order chi connectivity index (χ0) is 15.1. The van der Waals surface area contributed by atoms with Crippen LogP contribution in [0.5, 0.6) is 5.75 Å². The predicted octanol–water partition coefficient (Wildman–Crippen LogP) is 2.40. The molecule has 0 radical (unpaired) electrons. The first-order valence-corrected chi connectivity index (χ1v) is 6.98. The maximum absolute atomic E-state index is 12.2. The molecule has 0 amide bonds. The minimum Gasteiger partial charge on any atom is -0.488 e. The monoisotopic (exact) mass is 281 g/mol. The quantitative estimate of drug-likeness (QED) is 0.720. The summed E-state index contributed by atoms with van der Waals surface area (Å²) < 4.78 is 11.9. The van der Waals surface area contributed by atoms with E-state index in [1.807, 2.05) is 20.8 Å². The first-order valence-electron chi connectivity index (χ1n) is 6.98. The average molecular weight is 281 g/mol. The van der Waals surface area contributed by atoms with Gasteiger partial charge in [0.05, 0.1) is 13.2 Å². The number of carbonyl (C=O) groups excluding carboxylic acids is 1. The molecule has 0 aromatic carbocycles. The number of pyridine rings is 1. The van der Waals surface area contributed by atoms with E-state index in [1.54, 1.807) is 25.3 Å². The number of ether oxygens (including phenoxy) is 2. The van der Waals surface area contributed by atoms with Gasteiger partial charge in [0.25, 0.3) is 5.56 Å². The molecular weight excluding hydrogens is 258 g/mol. The summed E-state index contributed by atoms with van der Waals surface area (Å²) in [4.78, 5) is 24.1. The summed E-state index contributed by atoms with van der Waals surface area (Å²) in [6, 6.07) is 2.64. The van der Waals surface area contributed by atoms with Crippen LogP contribution in [0, 0.1) is 5.92 Å². The number of carbonyl (C=O) groups is 1. The van der Waals surface area contributed by atoms with Crippen LogP contribution in [0.25, 0.3) is 0 Å². The number of aromatic nitrogens is 1. The molecule has 0 bridgehead atoms. The van der Waals surface area contributed by atoms with Crippen LogP contribution in [0.15, 0.2) is 23.1 Å². The zero-order valence-electron chi connectivity index (χ0n) is 12.6. The Hall–Kier alpha value is -1.78. The zero-order valence-corrected chi connectivity index (χ0v) is 12.6. The first kappa shape index (κ1) is 16.3. The van der Waals surface area contributed by atoms with Gasteiger partial charge < -0.3 is 9.47 Å². The molecule has 1 rings (SSSR count). The van der Waals surface area contributed by atoms with Gasteiger partial charge in [-0.25, -0.2) is 4.79 Å². The number of rotatable bonds is 7. The minimum absolute atomic E-state index is 0.262. The maximum Gasteiger partial charge on any atom is 0.328 e. The third-order valence-electron chi connectivity index (χ3n) is 2.72. The highest BCUT2D eigenvalue weighted by atomic mass is 16.5. The van der Waals surface area contributed by atoms with E-state index >= 15 is 0 Å². The van der Waals surface area contributed by atoms with Crippen molar-refractivity contribution in [3.63, 3.8) is 0 Å². The molecule has 1 heterocycles. The lowest BCUT2D eigenvalue weighted by atomic mass is 10.2. The van der Waals surface area contributed by atoms with E-state index in [0.29, 0.717) is 13.2 Å². The van der Waals surface area contributed by atoms with E-state index in [2.05, 4.69) is 0 Å². The lowest BCUT2D eigenvalue weighted by Gasteiger charge is -2.16. The van der Waals surface area contributed by atoms with Gasteiger partial charge in [-0.1, -0.05) is 20.8 Å². The smallest absolute Gasteiger partial charge is 0.328 e. The second kappa shape index (κ2) is 7.72. The van der Waals surface area contributed by atoms with E-state index in [9.17, 15) is 9.59 Å². The van der Waals surface area contributed by atoms with Crippen molar-refractivity contribution in [3.05, 3.63) is 28.7 Å². The summed E-state index contributed by atoms with van der Waals surface area (Å²) in [6.07, 6.45) is 2.39. The fourth-order valence-corrected chi connectivity index (χ4v) is 1.60. The van der Waals surface area contributed by atoms with Gasteiger partial charge >= 0.3 is 5.97 Å². The lowest BCUT2D eigenvalue weighted by Crippen LogP contribution is -2.30. The molecule has 20 heavy (non-hydrogen) atoms. The molecule has 0 saturated heterocycles. The fourth-order valence-electron chi connectivity index (χ4n) is 1.60. The van der Waals surface area contributed by atoms with Crippen LogP contribution in [-0.4, -0.2) is 23.8 Å². The van der Waals surface area contributed by atoms with Crippen molar-refractivity contribution in [2.75, 3.05) is 13.2 Å². The number of hydrogen-bond donors (Lipinski definition) is 0. The highest BCUT2D eigenvalue weighted by molar-refractivity contribution is 5.73. The standard InChI is InChI=1S/C15H23NO4/c1-5-9-19-13-7-6-8-16(14(13)17)12(4)15(18)20-10-11(2)3/h6-8,11-12H,5,9-10H2,1-4H3. The van der Waals surface area contributed by atoms with E-state index in [-0.39, 0.29) is 17.2 Å². The highest BCUT2D eigenvalue weighted by Crippen LogP contribution is 2.10. The van der Waals surface area contributed by atoms with Crippen molar-refractivity contribution in [1.29, 1.82) is 0 Å². The summed E-state index contributed by atoms with van der Waals surface area (Å²) >= 11 is 0. The van der Waals surface area contributed by atoms with Crippen molar-refractivity contribution in [1.82, 2.24) is 4.57 Å². The Morgan fingerprint density at radius 1 is 1.35 bits per heavy atom. The Morgan fingerprint density at radius 3 is 2.65 bits per heavy atom. The highest BCUT2D eigenvalue weighted by Gasteiger charge is 2.19. The van der Waals surface area contributed by atoms with Gasteiger partial charge in [-0.2, -0.15) is 0 Å². The van der Waals surface area contributed by atoms with Crippen LogP contribution in [0.3, 0.4) is 0 Å². The first-order chi connectivity index (χ1) is 9.47. The lowest BCUT2D eigenvalue weighted by molar-refractivity contribution is -0.148. The van der Waals surface area contributed by atoms with Crippen LogP contribution in [0.1, 0.15) is 40.2 Å². The molecule has 1 unspecified atom stereocenters. The SMILES string of the molecule is CCCOc1cccn(C(C)C(=O)OCC(C)C)c1=O. The molecule has 0 aliphatic heterocycles. The molecule has 0 fully saturated rings. The Morgan fingerprint density at radius 2 is 2.05 bits per heavy atom. The molecule has 5 heteroatoms. The average Bonchev–Trinajstić information content (AvgIpc) is 2.43. The van der Waals surface area contributed by atoms with Gasteiger partial charge in [0.1, 0.15) is 6.04 Å². The number of hydrogen-bond acceptors (Lipinski definition) is 4. The van der Waals surface area contributed by atoms with E-state index < -0.39 is 12.0 Å². The molecule has 0 aliphatic rings. The molecule has 0 spiro atoms. The Kier molecular flexibility index (Phi) is 6.28. The fraction of sp³-hybridized carbons (Fsp3) is 0.600. The molecule has 0 aliphatic carbocycles. The predicted molar refractivity (Wildman–Crippen MR) is 77.0 cm³/mol. The normalized spacial score (nSPS) is 12.2. The molecule has 1 aromatic heterocycles. The Labute approximate surface area is 119 Å². The molecule has 1 atom stereocenters. The van der Waals surface area contributed by atoms with Crippen molar-refractivity contribution < 1.29 is 14.3 Å². The summed E-state index contributed by atoms with van der Waals surface area (Å²) in [7, 11) is 0. The van der Waals surface area contributed by atoms with E-state index in [0.717, 1.165) is 6.42 Å². The molecule has 5 nitrogen and oxygen atoms in total. The largest absolute Gasteiger partial charge is 0.488 e. The molecule has 112 valence electrons. The van der Waals surface area contributed by atoms with Crippen LogP contribution in [0.4, 0.5) is 0 Å². The third kappa shape index (κ3) is 4.40. The van der Waals surface area contributed by atoms with Gasteiger partial charge in [0, 0.05) is 6.20 Å². The number of nitrogens with zero attached hydrogens (tertiary/aromatic N) is 1. The van der Waals surface area contributed by atoms with Gasteiger partial charge in [-0.05, 0) is 31.4 Å². The second-order valence-electron chi connectivity index (χ2n) is 5.13. The van der Waals surface area contributed by atoms with Crippen molar-refractivity contribution >= 4 is 5.97 Å². The van der Waals surface area contributed by atoms with Crippen molar-refractivity contribution in [3.8, 4) is 5.75 Å². The van der Waals surface area contributed by atoms with E-state index in [1.165, 1.54) is 4.57 Å². The topological polar surface area (TPSA) is 57.5 Å². The summed E-state index contributed by atoms with van der Waals surface area (Å²) in [5.74, 6) is 0.119.